The summed E-state index contributed by atoms with van der Waals surface area (Å²) in [6.07, 6.45) is 7.23. The lowest BCUT2D eigenvalue weighted by atomic mass is 10.1. The molecule has 4 nitrogen and oxygen atoms in total. The van der Waals surface area contributed by atoms with Gasteiger partial charge < -0.3 is 5.32 Å². The van der Waals surface area contributed by atoms with Crippen LogP contribution in [0.5, 0.6) is 0 Å². The van der Waals surface area contributed by atoms with E-state index in [9.17, 15) is 4.79 Å². The van der Waals surface area contributed by atoms with Crippen molar-refractivity contribution in [2.45, 2.75) is 44.2 Å². The first kappa shape index (κ1) is 13.6. The van der Waals surface area contributed by atoms with Gasteiger partial charge in [0, 0.05) is 36.9 Å². The monoisotopic (exact) mass is 273 g/mol. The predicted octanol–water partition coefficient (Wildman–Crippen LogP) is 1.78. The normalized spacial score (nSPS) is 26.4. The smallest absolute Gasteiger partial charge is 0.223 e. The molecule has 1 amide bonds. The highest BCUT2D eigenvalue weighted by Crippen LogP contribution is 2.47. The molecular weight excluding hydrogens is 250 g/mol. The summed E-state index contributed by atoms with van der Waals surface area (Å²) in [7, 11) is 2.16. The van der Waals surface area contributed by atoms with Gasteiger partial charge in [-0.3, -0.25) is 14.7 Å². The van der Waals surface area contributed by atoms with Crippen molar-refractivity contribution in [3.63, 3.8) is 0 Å². The summed E-state index contributed by atoms with van der Waals surface area (Å²) in [5, 5.41) is 3.11. The average molecular weight is 273 g/mol. The third kappa shape index (κ3) is 3.01. The van der Waals surface area contributed by atoms with Crippen molar-refractivity contribution >= 4 is 5.91 Å². The van der Waals surface area contributed by atoms with Crippen LogP contribution in [-0.4, -0.2) is 41.5 Å². The second-order valence-corrected chi connectivity index (χ2v) is 6.23. The van der Waals surface area contributed by atoms with E-state index in [0.29, 0.717) is 12.0 Å². The molecule has 0 aromatic carbocycles. The molecule has 2 fully saturated rings. The maximum atomic E-state index is 12.2. The summed E-state index contributed by atoms with van der Waals surface area (Å²) in [5.41, 5.74) is 1.19. The molecule has 108 valence electrons. The van der Waals surface area contributed by atoms with Gasteiger partial charge in [-0.25, -0.2) is 0 Å². The topological polar surface area (TPSA) is 45.2 Å². The van der Waals surface area contributed by atoms with E-state index in [-0.39, 0.29) is 11.8 Å². The van der Waals surface area contributed by atoms with Gasteiger partial charge >= 0.3 is 0 Å². The Balaban J connectivity index is 1.44. The third-order valence-electron chi connectivity index (χ3n) is 4.63. The van der Waals surface area contributed by atoms with Crippen LogP contribution in [0.1, 0.15) is 37.7 Å². The molecule has 1 heterocycles. The van der Waals surface area contributed by atoms with E-state index in [1.54, 1.807) is 6.20 Å². The second kappa shape index (κ2) is 5.52. The van der Waals surface area contributed by atoms with Crippen LogP contribution in [0.2, 0.25) is 0 Å². The molecule has 3 unspecified atom stereocenters. The summed E-state index contributed by atoms with van der Waals surface area (Å²) >= 11 is 0. The lowest BCUT2D eigenvalue weighted by Crippen LogP contribution is -2.41. The highest BCUT2D eigenvalue weighted by molar-refractivity contribution is 5.82. The van der Waals surface area contributed by atoms with Gasteiger partial charge in [-0.1, -0.05) is 6.07 Å². The summed E-state index contributed by atoms with van der Waals surface area (Å²) in [6, 6.07) is 5.16. The van der Waals surface area contributed by atoms with Crippen LogP contribution >= 0.6 is 0 Å². The first-order chi connectivity index (χ1) is 9.66. The molecule has 2 aliphatic rings. The van der Waals surface area contributed by atoms with E-state index in [0.717, 1.165) is 19.0 Å². The van der Waals surface area contributed by atoms with Crippen LogP contribution in [0.25, 0.3) is 0 Å². The van der Waals surface area contributed by atoms with E-state index in [1.165, 1.54) is 18.4 Å². The largest absolute Gasteiger partial charge is 0.354 e. The van der Waals surface area contributed by atoms with Crippen molar-refractivity contribution < 1.29 is 4.79 Å². The van der Waals surface area contributed by atoms with E-state index in [1.807, 2.05) is 12.3 Å². The number of carbonyl (C=O) groups is 1. The predicted molar refractivity (Wildman–Crippen MR) is 78.3 cm³/mol. The van der Waals surface area contributed by atoms with Crippen molar-refractivity contribution in [2.75, 3.05) is 13.6 Å². The molecule has 3 atom stereocenters. The molecular formula is C16H23N3O. The van der Waals surface area contributed by atoms with Gasteiger partial charge in [-0.05, 0) is 50.8 Å². The second-order valence-electron chi connectivity index (χ2n) is 6.23. The number of nitrogens with zero attached hydrogens (tertiary/aromatic N) is 2. The van der Waals surface area contributed by atoms with Crippen molar-refractivity contribution in [2.24, 2.45) is 5.92 Å². The minimum absolute atomic E-state index is 0.151. The number of pyridine rings is 1. The van der Waals surface area contributed by atoms with Gasteiger partial charge in [0.1, 0.15) is 0 Å². The Morgan fingerprint density at radius 1 is 1.55 bits per heavy atom. The number of aromatic nitrogens is 1. The zero-order chi connectivity index (χ0) is 14.1. The molecule has 2 aliphatic carbocycles. The number of nitrogens with one attached hydrogen (secondary N) is 1. The molecule has 2 saturated carbocycles. The Morgan fingerprint density at radius 2 is 2.35 bits per heavy atom. The summed E-state index contributed by atoms with van der Waals surface area (Å²) < 4.78 is 0. The number of carbonyl (C=O) groups excluding carboxylic acids is 1. The quantitative estimate of drug-likeness (QED) is 0.859. The standard InChI is InChI=1S/C16H23N3O/c1-11(19(2)13-5-6-13)9-18-16(20)15-8-14(15)12-4-3-7-17-10-12/h3-4,7,10-11,13-15H,5-6,8-9H2,1-2H3,(H,18,20). The van der Waals surface area contributed by atoms with E-state index in [2.05, 4.69) is 35.2 Å². The molecule has 3 rings (SSSR count). The Labute approximate surface area is 120 Å². The SMILES string of the molecule is CC(CNC(=O)C1CC1c1cccnc1)N(C)C1CC1. The van der Waals surface area contributed by atoms with E-state index in [4.69, 9.17) is 0 Å². The summed E-state index contributed by atoms with van der Waals surface area (Å²) in [4.78, 5) is 18.7. The van der Waals surface area contributed by atoms with Gasteiger partial charge in [-0.2, -0.15) is 0 Å². The van der Waals surface area contributed by atoms with Gasteiger partial charge in [0.05, 0.1) is 0 Å². The van der Waals surface area contributed by atoms with Crippen LogP contribution in [0.3, 0.4) is 0 Å². The van der Waals surface area contributed by atoms with Crippen molar-refractivity contribution in [1.29, 1.82) is 0 Å². The van der Waals surface area contributed by atoms with Crippen molar-refractivity contribution in [3.05, 3.63) is 30.1 Å². The fourth-order valence-electron chi connectivity index (χ4n) is 2.81. The maximum absolute atomic E-state index is 12.2. The Kier molecular flexibility index (Phi) is 3.74. The molecule has 4 heteroatoms. The third-order valence-corrected chi connectivity index (χ3v) is 4.63. The molecule has 0 aliphatic heterocycles. The Bertz CT molecular complexity index is 472. The van der Waals surface area contributed by atoms with E-state index >= 15 is 0 Å². The lowest BCUT2D eigenvalue weighted by Gasteiger charge is -2.24. The molecule has 1 aromatic heterocycles. The van der Waals surface area contributed by atoms with Crippen molar-refractivity contribution in [1.82, 2.24) is 15.2 Å². The summed E-state index contributed by atoms with van der Waals surface area (Å²) in [6.45, 7) is 2.94. The molecule has 20 heavy (non-hydrogen) atoms. The Morgan fingerprint density at radius 3 is 3.00 bits per heavy atom. The van der Waals surface area contributed by atoms with Gasteiger partial charge in [0.15, 0.2) is 0 Å². The number of amides is 1. The van der Waals surface area contributed by atoms with E-state index < -0.39 is 0 Å². The molecule has 0 spiro atoms. The van der Waals surface area contributed by atoms with Crippen LogP contribution in [0.4, 0.5) is 0 Å². The fourth-order valence-corrected chi connectivity index (χ4v) is 2.81. The summed E-state index contributed by atoms with van der Waals surface area (Å²) in [5.74, 6) is 0.729. The Hall–Kier alpha value is -1.42. The zero-order valence-electron chi connectivity index (χ0n) is 12.2. The first-order valence-electron chi connectivity index (χ1n) is 7.56. The number of rotatable bonds is 6. The first-order valence-corrected chi connectivity index (χ1v) is 7.56. The minimum Gasteiger partial charge on any atom is -0.354 e. The average Bonchev–Trinajstić information content (AvgIpc) is 3.37. The highest BCUT2D eigenvalue weighted by Gasteiger charge is 2.44. The maximum Gasteiger partial charge on any atom is 0.223 e. The number of hydrogen-bond donors (Lipinski definition) is 1. The van der Waals surface area contributed by atoms with Crippen LogP contribution in [0, 0.1) is 5.92 Å². The van der Waals surface area contributed by atoms with Crippen molar-refractivity contribution in [3.8, 4) is 0 Å². The van der Waals surface area contributed by atoms with Crippen LogP contribution < -0.4 is 5.32 Å². The number of likely N-dealkylation sites (N-methyl/N-ethyl adjacent to an activating group) is 1. The molecule has 1 N–H and O–H groups in total. The fraction of sp³-hybridized carbons (Fsp3) is 0.625. The van der Waals surface area contributed by atoms with Gasteiger partial charge in [0.25, 0.3) is 0 Å². The number of hydrogen-bond acceptors (Lipinski definition) is 3. The van der Waals surface area contributed by atoms with Crippen LogP contribution in [0.15, 0.2) is 24.5 Å². The van der Waals surface area contributed by atoms with Gasteiger partial charge in [0.2, 0.25) is 5.91 Å². The molecule has 0 saturated heterocycles. The highest BCUT2D eigenvalue weighted by atomic mass is 16.2. The van der Waals surface area contributed by atoms with Crippen LogP contribution in [-0.2, 0) is 4.79 Å². The zero-order valence-corrected chi connectivity index (χ0v) is 12.2. The lowest BCUT2D eigenvalue weighted by molar-refractivity contribution is -0.122. The molecule has 1 aromatic rings. The molecule has 0 bridgehead atoms. The van der Waals surface area contributed by atoms with Gasteiger partial charge in [-0.15, -0.1) is 0 Å². The molecule has 0 radical (unpaired) electrons. The minimum atomic E-state index is 0.151.